The normalized spacial score (nSPS) is 11.9. The highest BCUT2D eigenvalue weighted by atomic mass is 16.5. The molecule has 0 aliphatic rings. The quantitative estimate of drug-likeness (QED) is 0.820. The van der Waals surface area contributed by atoms with E-state index < -0.39 is 0 Å². The number of benzene rings is 1. The minimum Gasteiger partial charge on any atom is -0.497 e. The summed E-state index contributed by atoms with van der Waals surface area (Å²) in [7, 11) is 1.54. The highest BCUT2D eigenvalue weighted by Gasteiger charge is 2.13. The van der Waals surface area contributed by atoms with Gasteiger partial charge < -0.3 is 20.2 Å². The Labute approximate surface area is 117 Å². The van der Waals surface area contributed by atoms with Gasteiger partial charge in [0.25, 0.3) is 5.91 Å². The lowest BCUT2D eigenvalue weighted by molar-refractivity contribution is 0.0939. The molecule has 1 unspecified atom stereocenters. The molecule has 5 heteroatoms. The van der Waals surface area contributed by atoms with Gasteiger partial charge in [-0.05, 0) is 31.2 Å². The molecule has 1 aromatic carbocycles. The fraction of sp³-hybridized carbons (Fsp3) is 0.267. The summed E-state index contributed by atoms with van der Waals surface area (Å²) in [5.74, 6) is 1.21. The Morgan fingerprint density at radius 2 is 2.25 bits per heavy atom. The molecule has 20 heavy (non-hydrogen) atoms. The first-order valence-corrected chi connectivity index (χ1v) is 6.36. The van der Waals surface area contributed by atoms with Crippen LogP contribution in [-0.4, -0.2) is 19.1 Å². The third-order valence-corrected chi connectivity index (χ3v) is 2.89. The van der Waals surface area contributed by atoms with Gasteiger partial charge in [0.15, 0.2) is 0 Å². The largest absolute Gasteiger partial charge is 0.497 e. The van der Waals surface area contributed by atoms with E-state index in [4.69, 9.17) is 14.9 Å². The Kier molecular flexibility index (Phi) is 4.30. The van der Waals surface area contributed by atoms with E-state index in [0.717, 1.165) is 5.76 Å². The van der Waals surface area contributed by atoms with E-state index in [1.165, 1.54) is 7.11 Å². The number of amides is 1. The van der Waals surface area contributed by atoms with Crippen molar-refractivity contribution >= 4 is 11.6 Å². The third kappa shape index (κ3) is 3.54. The number of nitrogens with two attached hydrogens (primary N) is 1. The van der Waals surface area contributed by atoms with Crippen LogP contribution in [-0.2, 0) is 6.42 Å². The Hall–Kier alpha value is -2.43. The van der Waals surface area contributed by atoms with Gasteiger partial charge >= 0.3 is 0 Å². The molecule has 0 radical (unpaired) electrons. The molecular weight excluding hydrogens is 256 g/mol. The molecule has 1 amide bonds. The summed E-state index contributed by atoms with van der Waals surface area (Å²) in [5, 5.41) is 2.90. The lowest BCUT2D eigenvalue weighted by Gasteiger charge is -2.13. The number of hydrogen-bond donors (Lipinski definition) is 2. The Morgan fingerprint density at radius 1 is 1.45 bits per heavy atom. The SMILES string of the molecule is COc1cc(N)cc(C(=O)NC(C)Cc2ccco2)c1. The van der Waals surface area contributed by atoms with Gasteiger partial charge in [0.2, 0.25) is 0 Å². The van der Waals surface area contributed by atoms with Crippen molar-refractivity contribution < 1.29 is 13.9 Å². The first kappa shape index (κ1) is 14.0. The summed E-state index contributed by atoms with van der Waals surface area (Å²) < 4.78 is 10.4. The highest BCUT2D eigenvalue weighted by molar-refractivity contribution is 5.95. The van der Waals surface area contributed by atoms with Crippen molar-refractivity contribution in [1.29, 1.82) is 0 Å². The number of nitrogens with one attached hydrogen (secondary N) is 1. The van der Waals surface area contributed by atoms with Crippen molar-refractivity contribution in [3.8, 4) is 5.75 Å². The molecule has 106 valence electrons. The molecule has 0 spiro atoms. The van der Waals surface area contributed by atoms with Gasteiger partial charge in [-0.1, -0.05) is 0 Å². The summed E-state index contributed by atoms with van der Waals surface area (Å²) in [6.07, 6.45) is 2.25. The van der Waals surface area contributed by atoms with Crippen LogP contribution in [0.25, 0.3) is 0 Å². The fourth-order valence-corrected chi connectivity index (χ4v) is 1.96. The lowest BCUT2D eigenvalue weighted by atomic mass is 10.1. The van der Waals surface area contributed by atoms with Crippen LogP contribution < -0.4 is 15.8 Å². The van der Waals surface area contributed by atoms with E-state index in [9.17, 15) is 4.79 Å². The molecule has 0 saturated carbocycles. The van der Waals surface area contributed by atoms with Gasteiger partial charge in [-0.25, -0.2) is 0 Å². The Balaban J connectivity index is 2.02. The van der Waals surface area contributed by atoms with Crippen molar-refractivity contribution in [2.24, 2.45) is 0 Å². The van der Waals surface area contributed by atoms with Gasteiger partial charge in [-0.15, -0.1) is 0 Å². The topological polar surface area (TPSA) is 77.5 Å². The zero-order valence-electron chi connectivity index (χ0n) is 11.6. The second-order valence-corrected chi connectivity index (χ2v) is 4.65. The number of nitrogen functional groups attached to an aromatic ring is 1. The van der Waals surface area contributed by atoms with E-state index in [1.54, 1.807) is 24.5 Å². The maximum atomic E-state index is 12.2. The number of furan rings is 1. The zero-order chi connectivity index (χ0) is 14.5. The number of hydrogen-bond acceptors (Lipinski definition) is 4. The van der Waals surface area contributed by atoms with E-state index in [2.05, 4.69) is 5.32 Å². The fourth-order valence-electron chi connectivity index (χ4n) is 1.96. The molecule has 0 saturated heterocycles. The zero-order valence-corrected chi connectivity index (χ0v) is 11.6. The lowest BCUT2D eigenvalue weighted by Crippen LogP contribution is -2.34. The van der Waals surface area contributed by atoms with E-state index in [-0.39, 0.29) is 11.9 Å². The first-order valence-electron chi connectivity index (χ1n) is 6.36. The van der Waals surface area contributed by atoms with Crippen LogP contribution in [0.3, 0.4) is 0 Å². The number of carbonyl (C=O) groups is 1. The Bertz CT molecular complexity index is 579. The molecular formula is C15H18N2O3. The van der Waals surface area contributed by atoms with E-state index in [0.29, 0.717) is 23.4 Å². The molecule has 0 fully saturated rings. The minimum absolute atomic E-state index is 0.0407. The van der Waals surface area contributed by atoms with Gasteiger partial charge in [0, 0.05) is 29.8 Å². The van der Waals surface area contributed by atoms with E-state index in [1.807, 2.05) is 19.1 Å². The highest BCUT2D eigenvalue weighted by Crippen LogP contribution is 2.18. The monoisotopic (exact) mass is 274 g/mol. The van der Waals surface area contributed by atoms with Gasteiger partial charge in [0.1, 0.15) is 11.5 Å². The Morgan fingerprint density at radius 3 is 2.90 bits per heavy atom. The smallest absolute Gasteiger partial charge is 0.251 e. The van der Waals surface area contributed by atoms with Crippen LogP contribution in [0.4, 0.5) is 5.69 Å². The predicted octanol–water partition coefficient (Wildman–Crippen LogP) is 2.23. The average Bonchev–Trinajstić information content (AvgIpc) is 2.90. The van der Waals surface area contributed by atoms with Crippen LogP contribution >= 0.6 is 0 Å². The molecule has 0 aliphatic carbocycles. The van der Waals surface area contributed by atoms with E-state index >= 15 is 0 Å². The van der Waals surface area contributed by atoms with Crippen LogP contribution in [0, 0.1) is 0 Å². The number of anilines is 1. The number of carbonyl (C=O) groups excluding carboxylic acids is 1. The van der Waals surface area contributed by atoms with Gasteiger partial charge in [-0.2, -0.15) is 0 Å². The standard InChI is InChI=1S/C15H18N2O3/c1-10(6-13-4-3-5-20-13)17-15(18)11-7-12(16)9-14(8-11)19-2/h3-5,7-10H,6,16H2,1-2H3,(H,17,18). The summed E-state index contributed by atoms with van der Waals surface area (Å²) in [4.78, 5) is 12.2. The molecule has 1 atom stereocenters. The van der Waals surface area contributed by atoms with Crippen LogP contribution in [0.2, 0.25) is 0 Å². The molecule has 1 heterocycles. The minimum atomic E-state index is -0.186. The van der Waals surface area contributed by atoms with Crippen molar-refractivity contribution in [3.05, 3.63) is 47.9 Å². The molecule has 3 N–H and O–H groups in total. The predicted molar refractivity (Wildman–Crippen MR) is 76.7 cm³/mol. The number of ether oxygens (including phenoxy) is 1. The molecule has 1 aromatic heterocycles. The molecule has 0 aliphatic heterocycles. The van der Waals surface area contributed by atoms with Crippen molar-refractivity contribution in [2.75, 3.05) is 12.8 Å². The maximum Gasteiger partial charge on any atom is 0.251 e. The second-order valence-electron chi connectivity index (χ2n) is 4.65. The average molecular weight is 274 g/mol. The molecule has 0 bridgehead atoms. The van der Waals surface area contributed by atoms with Crippen LogP contribution in [0.1, 0.15) is 23.0 Å². The van der Waals surface area contributed by atoms with Crippen LogP contribution in [0.5, 0.6) is 5.75 Å². The number of methoxy groups -OCH3 is 1. The summed E-state index contributed by atoms with van der Waals surface area (Å²) in [6.45, 7) is 1.92. The summed E-state index contributed by atoms with van der Waals surface area (Å²) in [6, 6.07) is 8.62. The van der Waals surface area contributed by atoms with Crippen molar-refractivity contribution in [1.82, 2.24) is 5.32 Å². The van der Waals surface area contributed by atoms with Crippen molar-refractivity contribution in [2.45, 2.75) is 19.4 Å². The summed E-state index contributed by atoms with van der Waals surface area (Å²) in [5.41, 5.74) is 6.71. The molecule has 2 aromatic rings. The van der Waals surface area contributed by atoms with Gasteiger partial charge in [-0.3, -0.25) is 4.79 Å². The maximum absolute atomic E-state index is 12.2. The number of rotatable bonds is 5. The third-order valence-electron chi connectivity index (χ3n) is 2.89. The van der Waals surface area contributed by atoms with Crippen LogP contribution in [0.15, 0.2) is 41.0 Å². The van der Waals surface area contributed by atoms with Crippen molar-refractivity contribution in [3.63, 3.8) is 0 Å². The van der Waals surface area contributed by atoms with Gasteiger partial charge in [0.05, 0.1) is 13.4 Å². The molecule has 5 nitrogen and oxygen atoms in total. The molecule has 2 rings (SSSR count). The summed E-state index contributed by atoms with van der Waals surface area (Å²) >= 11 is 0. The second kappa shape index (κ2) is 6.14. The first-order chi connectivity index (χ1) is 9.58.